The predicted molar refractivity (Wildman–Crippen MR) is 47.5 cm³/mol. The Kier molecular flexibility index (Phi) is 1.92. The fourth-order valence-corrected chi connectivity index (χ4v) is 2.84. The molecule has 1 heteroatoms. The van der Waals surface area contributed by atoms with Gasteiger partial charge in [-0.2, -0.15) is 0 Å². The highest BCUT2D eigenvalue weighted by molar-refractivity contribution is 4.91. The van der Waals surface area contributed by atoms with Crippen molar-refractivity contribution < 1.29 is 0 Å². The summed E-state index contributed by atoms with van der Waals surface area (Å²) < 4.78 is 0. The number of piperidine rings is 2. The SMILES string of the molecule is CC(C)C1C[C@@H]2CC[C@H]1CN2. The lowest BCUT2D eigenvalue weighted by molar-refractivity contribution is 0.0969. The minimum Gasteiger partial charge on any atom is -0.314 e. The smallest absolute Gasteiger partial charge is 0.00701 e. The summed E-state index contributed by atoms with van der Waals surface area (Å²) in [6.45, 7) is 6.06. The molecule has 0 radical (unpaired) electrons. The third-order valence-electron chi connectivity index (χ3n) is 3.57. The van der Waals surface area contributed by atoms with Gasteiger partial charge < -0.3 is 5.32 Å². The Morgan fingerprint density at radius 3 is 2.36 bits per heavy atom. The van der Waals surface area contributed by atoms with Crippen LogP contribution in [0.2, 0.25) is 0 Å². The normalized spacial score (nSPS) is 43.4. The molecule has 3 rings (SSSR count). The van der Waals surface area contributed by atoms with Crippen LogP contribution in [0.4, 0.5) is 0 Å². The molecule has 0 aromatic carbocycles. The zero-order valence-corrected chi connectivity index (χ0v) is 7.64. The summed E-state index contributed by atoms with van der Waals surface area (Å²) in [6, 6.07) is 0.868. The highest BCUT2D eigenvalue weighted by atomic mass is 14.9. The van der Waals surface area contributed by atoms with Gasteiger partial charge in [0.2, 0.25) is 0 Å². The van der Waals surface area contributed by atoms with Crippen molar-refractivity contribution in [3.8, 4) is 0 Å². The molecule has 3 fully saturated rings. The molecule has 2 heterocycles. The Balaban J connectivity index is 2.03. The van der Waals surface area contributed by atoms with E-state index in [1.807, 2.05) is 0 Å². The Bertz CT molecular complexity index is 134. The van der Waals surface area contributed by atoms with E-state index in [1.54, 1.807) is 0 Å². The van der Waals surface area contributed by atoms with Crippen LogP contribution in [-0.2, 0) is 0 Å². The minimum atomic E-state index is 0.868. The Morgan fingerprint density at radius 2 is 2.09 bits per heavy atom. The summed E-state index contributed by atoms with van der Waals surface area (Å²) >= 11 is 0. The maximum Gasteiger partial charge on any atom is 0.00701 e. The van der Waals surface area contributed by atoms with E-state index in [2.05, 4.69) is 19.2 Å². The van der Waals surface area contributed by atoms with E-state index >= 15 is 0 Å². The molecule has 2 bridgehead atoms. The highest BCUT2D eigenvalue weighted by Crippen LogP contribution is 2.38. The van der Waals surface area contributed by atoms with Gasteiger partial charge in [-0.3, -0.25) is 0 Å². The van der Waals surface area contributed by atoms with Crippen molar-refractivity contribution in [2.75, 3.05) is 6.54 Å². The molecule has 0 amide bonds. The van der Waals surface area contributed by atoms with Crippen LogP contribution in [0.15, 0.2) is 0 Å². The van der Waals surface area contributed by atoms with E-state index in [9.17, 15) is 0 Å². The molecule has 1 N–H and O–H groups in total. The number of rotatable bonds is 1. The van der Waals surface area contributed by atoms with Crippen LogP contribution in [0.5, 0.6) is 0 Å². The van der Waals surface area contributed by atoms with Crippen LogP contribution >= 0.6 is 0 Å². The summed E-state index contributed by atoms with van der Waals surface area (Å²) in [5.74, 6) is 2.93. The summed E-state index contributed by atoms with van der Waals surface area (Å²) in [5, 5.41) is 3.60. The largest absolute Gasteiger partial charge is 0.314 e. The number of hydrogen-bond acceptors (Lipinski definition) is 1. The van der Waals surface area contributed by atoms with E-state index < -0.39 is 0 Å². The van der Waals surface area contributed by atoms with E-state index in [0.29, 0.717) is 0 Å². The lowest BCUT2D eigenvalue weighted by Crippen LogP contribution is -2.50. The molecule has 1 aliphatic carbocycles. The minimum absolute atomic E-state index is 0.868. The van der Waals surface area contributed by atoms with Crippen LogP contribution < -0.4 is 5.32 Å². The fraction of sp³-hybridized carbons (Fsp3) is 1.00. The molecule has 2 saturated heterocycles. The first-order chi connectivity index (χ1) is 5.27. The number of nitrogens with one attached hydrogen (secondary N) is 1. The molecule has 2 aliphatic heterocycles. The van der Waals surface area contributed by atoms with Gasteiger partial charge in [0, 0.05) is 6.04 Å². The van der Waals surface area contributed by atoms with Gasteiger partial charge in [-0.05, 0) is 43.6 Å². The molecule has 0 aromatic heterocycles. The van der Waals surface area contributed by atoms with Gasteiger partial charge in [-0.25, -0.2) is 0 Å². The Hall–Kier alpha value is -0.0400. The Labute approximate surface area is 69.6 Å². The molecule has 3 aliphatic rings. The summed E-state index contributed by atoms with van der Waals surface area (Å²) in [6.07, 6.45) is 4.37. The van der Waals surface area contributed by atoms with Gasteiger partial charge >= 0.3 is 0 Å². The van der Waals surface area contributed by atoms with Gasteiger partial charge in [0.1, 0.15) is 0 Å². The lowest BCUT2D eigenvalue weighted by atomic mass is 9.69. The van der Waals surface area contributed by atoms with Crippen molar-refractivity contribution in [1.82, 2.24) is 5.32 Å². The molecule has 3 atom stereocenters. The van der Waals surface area contributed by atoms with Crippen molar-refractivity contribution in [2.24, 2.45) is 17.8 Å². The first kappa shape index (κ1) is 7.60. The second kappa shape index (κ2) is 2.78. The van der Waals surface area contributed by atoms with Gasteiger partial charge in [0.05, 0.1) is 0 Å². The molecule has 1 saturated carbocycles. The monoisotopic (exact) mass is 153 g/mol. The molecular weight excluding hydrogens is 134 g/mol. The average molecular weight is 153 g/mol. The maximum absolute atomic E-state index is 3.60. The van der Waals surface area contributed by atoms with Crippen molar-refractivity contribution in [3.63, 3.8) is 0 Å². The zero-order chi connectivity index (χ0) is 7.84. The lowest BCUT2D eigenvalue weighted by Gasteiger charge is -2.45. The topological polar surface area (TPSA) is 12.0 Å². The highest BCUT2D eigenvalue weighted by Gasteiger charge is 2.36. The number of fused-ring (bicyclic) bond motifs is 3. The van der Waals surface area contributed by atoms with Crippen molar-refractivity contribution in [2.45, 2.75) is 39.2 Å². The average Bonchev–Trinajstić information content (AvgIpc) is 2.06. The fourth-order valence-electron chi connectivity index (χ4n) is 2.84. The van der Waals surface area contributed by atoms with Crippen LogP contribution in [-0.4, -0.2) is 12.6 Å². The van der Waals surface area contributed by atoms with Crippen molar-refractivity contribution in [3.05, 3.63) is 0 Å². The second-order valence-electron chi connectivity index (χ2n) is 4.59. The standard InChI is InChI=1S/C10H19N/c1-7(2)10-5-9-4-3-8(10)6-11-9/h7-11H,3-6H2,1-2H3/t8-,9-,10?/m0/s1. The number of hydrogen-bond donors (Lipinski definition) is 1. The van der Waals surface area contributed by atoms with Gasteiger partial charge in [-0.15, -0.1) is 0 Å². The molecule has 0 spiro atoms. The molecule has 1 nitrogen and oxygen atoms in total. The first-order valence-electron chi connectivity index (χ1n) is 5.00. The molecule has 1 unspecified atom stereocenters. The predicted octanol–water partition coefficient (Wildman–Crippen LogP) is 2.03. The van der Waals surface area contributed by atoms with E-state index in [4.69, 9.17) is 0 Å². The van der Waals surface area contributed by atoms with Crippen LogP contribution in [0.3, 0.4) is 0 Å². The Morgan fingerprint density at radius 1 is 1.27 bits per heavy atom. The molecule has 64 valence electrons. The van der Waals surface area contributed by atoms with Crippen molar-refractivity contribution in [1.29, 1.82) is 0 Å². The third-order valence-corrected chi connectivity index (χ3v) is 3.57. The van der Waals surface area contributed by atoms with Crippen LogP contribution in [0, 0.1) is 17.8 Å². The van der Waals surface area contributed by atoms with E-state index in [0.717, 1.165) is 23.8 Å². The molecule has 11 heavy (non-hydrogen) atoms. The quantitative estimate of drug-likeness (QED) is 0.608. The maximum atomic E-state index is 3.60. The zero-order valence-electron chi connectivity index (χ0n) is 7.64. The van der Waals surface area contributed by atoms with Gasteiger partial charge in [0.25, 0.3) is 0 Å². The molecule has 0 aromatic rings. The van der Waals surface area contributed by atoms with Gasteiger partial charge in [-0.1, -0.05) is 13.8 Å². The van der Waals surface area contributed by atoms with E-state index in [-0.39, 0.29) is 0 Å². The van der Waals surface area contributed by atoms with Crippen LogP contribution in [0.1, 0.15) is 33.1 Å². The van der Waals surface area contributed by atoms with Gasteiger partial charge in [0.15, 0.2) is 0 Å². The van der Waals surface area contributed by atoms with Crippen LogP contribution in [0.25, 0.3) is 0 Å². The van der Waals surface area contributed by atoms with Crippen molar-refractivity contribution >= 4 is 0 Å². The third kappa shape index (κ3) is 1.31. The molecular formula is C10H19N. The summed E-state index contributed by atoms with van der Waals surface area (Å²) in [7, 11) is 0. The summed E-state index contributed by atoms with van der Waals surface area (Å²) in [5.41, 5.74) is 0. The first-order valence-corrected chi connectivity index (χ1v) is 5.00. The van der Waals surface area contributed by atoms with E-state index in [1.165, 1.54) is 25.8 Å². The summed E-state index contributed by atoms with van der Waals surface area (Å²) in [4.78, 5) is 0. The second-order valence-corrected chi connectivity index (χ2v) is 4.59.